The van der Waals surface area contributed by atoms with E-state index in [4.69, 9.17) is 32.3 Å². The number of halogens is 3. The summed E-state index contributed by atoms with van der Waals surface area (Å²) in [7, 11) is 0. The number of fused-ring (bicyclic) bond motifs is 9. The molecular weight excluding hydrogens is 604 g/mol. The minimum atomic E-state index is -0.795. The van der Waals surface area contributed by atoms with E-state index in [9.17, 15) is 4.39 Å². The lowest BCUT2D eigenvalue weighted by atomic mass is 9.79. The molecule has 0 saturated carbocycles. The summed E-state index contributed by atoms with van der Waals surface area (Å²) < 4.78 is 31.5. The molecule has 5 aliphatic heterocycles. The number of anilines is 2. The molecule has 46 heavy (non-hydrogen) atoms. The van der Waals surface area contributed by atoms with Gasteiger partial charge >= 0.3 is 0 Å². The van der Waals surface area contributed by atoms with Crippen molar-refractivity contribution in [2.45, 2.75) is 95.7 Å². The highest BCUT2D eigenvalue weighted by atomic mass is 35.5. The standard InChI is InChI=1S/C36H46ClF2N7/c1-23-7-3-4-8-26-27(17-25(40)18-29(26)37)32-31(39)33-28(20-42-32)34(45-15-5-10-35(2,22-45)13-14-41-23)44-30(43-33)9-12-36-11-6-16-46(36)21-24(38)19-36/h17-18,20,24,41H,1,3-16,19,21-22,40H2,2H3/t24?,35?,36-/m1/s1. The van der Waals surface area contributed by atoms with E-state index in [0.29, 0.717) is 53.3 Å². The summed E-state index contributed by atoms with van der Waals surface area (Å²) in [6.07, 6.45) is 11.4. The van der Waals surface area contributed by atoms with Crippen LogP contribution >= 0.6 is 11.6 Å². The molecule has 3 N–H and O–H groups in total. The van der Waals surface area contributed by atoms with Crippen LogP contribution in [0.5, 0.6) is 0 Å². The lowest BCUT2D eigenvalue weighted by molar-refractivity contribution is 0.181. The van der Waals surface area contributed by atoms with Crippen molar-refractivity contribution in [2.75, 3.05) is 43.4 Å². The van der Waals surface area contributed by atoms with Crippen molar-refractivity contribution in [2.24, 2.45) is 5.41 Å². The molecule has 2 aromatic heterocycles. The molecule has 0 spiro atoms. The smallest absolute Gasteiger partial charge is 0.175 e. The van der Waals surface area contributed by atoms with E-state index >= 15 is 4.39 Å². The average molecular weight is 650 g/mol. The van der Waals surface area contributed by atoms with Crippen molar-refractivity contribution in [3.63, 3.8) is 0 Å². The molecule has 3 saturated heterocycles. The van der Waals surface area contributed by atoms with Crippen molar-refractivity contribution in [1.82, 2.24) is 25.2 Å². The Kier molecular flexibility index (Phi) is 8.59. The Labute approximate surface area is 276 Å². The highest BCUT2D eigenvalue weighted by Crippen LogP contribution is 2.44. The number of nitrogens with one attached hydrogen (secondary N) is 1. The lowest BCUT2D eigenvalue weighted by Crippen LogP contribution is -2.43. The van der Waals surface area contributed by atoms with Crippen molar-refractivity contribution in [1.29, 1.82) is 0 Å². The fraction of sp³-hybridized carbons (Fsp3) is 0.583. The molecule has 8 rings (SSSR count). The zero-order chi connectivity index (χ0) is 32.1. The first-order chi connectivity index (χ1) is 22.1. The van der Waals surface area contributed by atoms with Gasteiger partial charge in [0.2, 0.25) is 0 Å². The largest absolute Gasteiger partial charge is 0.399 e. The summed E-state index contributed by atoms with van der Waals surface area (Å²) >= 11 is 6.75. The van der Waals surface area contributed by atoms with Gasteiger partial charge in [0.1, 0.15) is 29.0 Å². The number of nitrogens with two attached hydrogens (primary N) is 1. The molecule has 3 fully saturated rings. The Morgan fingerprint density at radius 3 is 2.80 bits per heavy atom. The van der Waals surface area contributed by atoms with Crippen LogP contribution in [0.3, 0.4) is 0 Å². The molecule has 3 atom stereocenters. The first-order valence-corrected chi connectivity index (χ1v) is 17.5. The molecule has 0 aliphatic carbocycles. The van der Waals surface area contributed by atoms with E-state index in [0.717, 1.165) is 101 Å². The summed E-state index contributed by atoms with van der Waals surface area (Å²) in [6.45, 7) is 10.6. The third kappa shape index (κ3) is 6.05. The normalized spacial score (nSPS) is 27.4. The van der Waals surface area contributed by atoms with Gasteiger partial charge in [-0.3, -0.25) is 9.88 Å². The molecule has 1 aromatic carbocycles. The number of piperidine rings is 1. The van der Waals surface area contributed by atoms with Crippen LogP contribution in [0.4, 0.5) is 20.3 Å². The molecule has 5 aliphatic rings. The van der Waals surface area contributed by atoms with Crippen LogP contribution in [0.1, 0.15) is 82.5 Å². The summed E-state index contributed by atoms with van der Waals surface area (Å²) in [6, 6.07) is 3.51. The Hall–Kier alpha value is -3.04. The number of aromatic nitrogens is 3. The Bertz CT molecular complexity index is 1650. The molecular formula is C36H46ClF2N7. The number of pyridine rings is 1. The molecule has 246 valence electrons. The second-order valence-electron chi connectivity index (χ2n) is 14.6. The number of benzene rings is 1. The van der Waals surface area contributed by atoms with Gasteiger partial charge in [0.15, 0.2) is 5.82 Å². The SMILES string of the molecule is C=C1CCCCc2c(Cl)cc(N)cc2-c2ncc3c(nc(CC[C@@]45CCCN4CC(F)C5)nc3c2F)N2CCCC(C)(CCN1)C2. The molecule has 10 heteroatoms. The highest BCUT2D eigenvalue weighted by molar-refractivity contribution is 6.32. The van der Waals surface area contributed by atoms with Crippen molar-refractivity contribution in [3.05, 3.63) is 52.8 Å². The Balaban J connectivity index is 1.35. The predicted octanol–water partition coefficient (Wildman–Crippen LogP) is 7.40. The maximum absolute atomic E-state index is 16.9. The van der Waals surface area contributed by atoms with Crippen LogP contribution in [0.15, 0.2) is 30.6 Å². The van der Waals surface area contributed by atoms with Gasteiger partial charge in [-0.2, -0.15) is 0 Å². The summed E-state index contributed by atoms with van der Waals surface area (Å²) in [4.78, 5) is 19.4. The number of allylic oxidation sites excluding steroid dienone is 1. The number of nitrogens with zero attached hydrogens (tertiary/aromatic N) is 5. The third-order valence-corrected chi connectivity index (χ3v) is 11.4. The summed E-state index contributed by atoms with van der Waals surface area (Å²) in [5.74, 6) is 0.866. The summed E-state index contributed by atoms with van der Waals surface area (Å²) in [5, 5.41) is 4.71. The topological polar surface area (TPSA) is 83.2 Å². The van der Waals surface area contributed by atoms with E-state index < -0.39 is 12.0 Å². The number of hydrogen-bond donors (Lipinski definition) is 2. The predicted molar refractivity (Wildman–Crippen MR) is 182 cm³/mol. The third-order valence-electron chi connectivity index (χ3n) is 11.1. The zero-order valence-electron chi connectivity index (χ0n) is 27.0. The van der Waals surface area contributed by atoms with Crippen molar-refractivity contribution >= 4 is 34.0 Å². The minimum absolute atomic E-state index is 0.0663. The Morgan fingerprint density at radius 2 is 1.93 bits per heavy atom. The van der Waals surface area contributed by atoms with Gasteiger partial charge in [0, 0.05) is 66.3 Å². The second-order valence-corrected chi connectivity index (χ2v) is 15.0. The fourth-order valence-electron chi connectivity index (χ4n) is 8.68. The molecule has 7 nitrogen and oxygen atoms in total. The maximum atomic E-state index is 16.9. The van der Waals surface area contributed by atoms with Gasteiger partial charge in [0.05, 0.1) is 5.39 Å². The van der Waals surface area contributed by atoms with Crippen LogP contribution in [0.2, 0.25) is 5.02 Å². The van der Waals surface area contributed by atoms with Crippen LogP contribution in [-0.4, -0.2) is 64.3 Å². The average Bonchev–Trinajstić information content (AvgIpc) is 3.54. The van der Waals surface area contributed by atoms with Crippen molar-refractivity contribution in [3.8, 4) is 11.3 Å². The van der Waals surface area contributed by atoms with Crippen LogP contribution in [0.25, 0.3) is 22.2 Å². The van der Waals surface area contributed by atoms with Gasteiger partial charge in [-0.05, 0) is 100 Å². The zero-order valence-corrected chi connectivity index (χ0v) is 27.7. The van der Waals surface area contributed by atoms with Gasteiger partial charge in [-0.15, -0.1) is 0 Å². The van der Waals surface area contributed by atoms with Crippen molar-refractivity contribution < 1.29 is 8.78 Å². The number of rotatable bonds is 3. The number of nitrogen functional groups attached to an aromatic ring is 1. The maximum Gasteiger partial charge on any atom is 0.175 e. The monoisotopic (exact) mass is 649 g/mol. The summed E-state index contributed by atoms with van der Waals surface area (Å²) in [5.41, 5.74) is 9.60. The molecule has 7 heterocycles. The molecule has 2 unspecified atom stereocenters. The highest BCUT2D eigenvalue weighted by Gasteiger charge is 2.48. The fourth-order valence-corrected chi connectivity index (χ4v) is 9.00. The van der Waals surface area contributed by atoms with E-state index in [2.05, 4.69) is 28.6 Å². The lowest BCUT2D eigenvalue weighted by Gasteiger charge is -2.41. The minimum Gasteiger partial charge on any atom is -0.399 e. The first kappa shape index (κ1) is 31.6. The van der Waals surface area contributed by atoms with Crippen LogP contribution in [-0.2, 0) is 12.8 Å². The number of aryl methyl sites for hydroxylation is 1. The number of hydrogen-bond acceptors (Lipinski definition) is 7. The molecule has 3 aromatic rings. The van der Waals surface area contributed by atoms with E-state index in [1.165, 1.54) is 0 Å². The molecule has 0 amide bonds. The van der Waals surface area contributed by atoms with Crippen LogP contribution in [0, 0.1) is 11.2 Å². The first-order valence-electron chi connectivity index (χ1n) is 17.1. The molecule has 6 bridgehead atoms. The van der Waals surface area contributed by atoms with E-state index in [1.54, 1.807) is 18.3 Å². The van der Waals surface area contributed by atoms with Gasteiger partial charge in [-0.25, -0.2) is 18.7 Å². The van der Waals surface area contributed by atoms with E-state index in [1.807, 2.05) is 0 Å². The van der Waals surface area contributed by atoms with Gasteiger partial charge < -0.3 is 16.0 Å². The second kappa shape index (κ2) is 12.5. The van der Waals surface area contributed by atoms with E-state index in [-0.39, 0.29) is 22.2 Å². The Morgan fingerprint density at radius 1 is 1.11 bits per heavy atom. The molecule has 0 radical (unpaired) electrons. The number of alkyl halides is 1. The van der Waals surface area contributed by atoms with Gasteiger partial charge in [0.25, 0.3) is 0 Å². The van der Waals surface area contributed by atoms with Gasteiger partial charge in [-0.1, -0.05) is 25.1 Å². The quantitative estimate of drug-likeness (QED) is 0.286. The van der Waals surface area contributed by atoms with Crippen LogP contribution < -0.4 is 16.0 Å².